The Morgan fingerprint density at radius 3 is 2.60 bits per heavy atom. The average Bonchev–Trinajstić information content (AvgIpc) is 2.16. The number of carboxylic acid groups (broad SMARTS) is 1. The first kappa shape index (κ1) is 11.5. The number of benzene rings is 1. The van der Waals surface area contributed by atoms with Gasteiger partial charge in [0.1, 0.15) is 0 Å². The molecule has 1 aromatic carbocycles. The summed E-state index contributed by atoms with van der Waals surface area (Å²) in [7, 11) is 3.82. The van der Waals surface area contributed by atoms with Crippen molar-refractivity contribution in [1.82, 2.24) is 0 Å². The third kappa shape index (κ3) is 2.95. The highest BCUT2D eigenvalue weighted by atomic mass is 16.4. The van der Waals surface area contributed by atoms with Crippen LogP contribution in [0.5, 0.6) is 0 Å². The van der Waals surface area contributed by atoms with Crippen LogP contribution in [0, 0.1) is 0 Å². The van der Waals surface area contributed by atoms with Crippen molar-refractivity contribution in [3.8, 4) is 0 Å². The van der Waals surface area contributed by atoms with Crippen LogP contribution in [0.3, 0.4) is 0 Å². The first-order valence-electron chi connectivity index (χ1n) is 4.76. The van der Waals surface area contributed by atoms with Crippen LogP contribution in [0.15, 0.2) is 24.3 Å². The fourth-order valence-electron chi connectivity index (χ4n) is 1.51. The Morgan fingerprint density at radius 2 is 2.07 bits per heavy atom. The van der Waals surface area contributed by atoms with E-state index in [2.05, 4.69) is 0 Å². The van der Waals surface area contributed by atoms with Gasteiger partial charge in [-0.3, -0.25) is 4.79 Å². The number of carboxylic acids is 1. The summed E-state index contributed by atoms with van der Waals surface area (Å²) in [5, 5.41) is 8.68. The van der Waals surface area contributed by atoms with Crippen molar-refractivity contribution in [1.29, 1.82) is 0 Å². The fourth-order valence-corrected chi connectivity index (χ4v) is 1.51. The van der Waals surface area contributed by atoms with E-state index in [1.54, 1.807) is 0 Å². The van der Waals surface area contributed by atoms with Gasteiger partial charge in [-0.2, -0.15) is 0 Å². The van der Waals surface area contributed by atoms with Gasteiger partial charge in [-0.15, -0.1) is 0 Å². The molecule has 0 heterocycles. The molecule has 82 valence electrons. The van der Waals surface area contributed by atoms with Gasteiger partial charge < -0.3 is 15.7 Å². The van der Waals surface area contributed by atoms with Crippen LogP contribution < -0.4 is 10.6 Å². The lowest BCUT2D eigenvalue weighted by molar-refractivity contribution is -0.137. The highest BCUT2D eigenvalue weighted by molar-refractivity contribution is 5.69. The minimum absolute atomic E-state index is 0.0507. The van der Waals surface area contributed by atoms with Gasteiger partial charge >= 0.3 is 5.97 Å². The Kier molecular flexibility index (Phi) is 3.68. The molecule has 0 saturated heterocycles. The van der Waals surface area contributed by atoms with Crippen LogP contribution in [0.4, 0.5) is 5.69 Å². The van der Waals surface area contributed by atoms with E-state index in [0.717, 1.165) is 11.3 Å². The molecule has 3 N–H and O–H groups in total. The predicted molar refractivity (Wildman–Crippen MR) is 60.0 cm³/mol. The molecule has 0 radical (unpaired) electrons. The van der Waals surface area contributed by atoms with Gasteiger partial charge in [0.15, 0.2) is 0 Å². The second-order valence-electron chi connectivity index (χ2n) is 3.66. The van der Waals surface area contributed by atoms with E-state index in [4.69, 9.17) is 10.8 Å². The van der Waals surface area contributed by atoms with Crippen LogP contribution in [-0.2, 0) is 4.79 Å². The van der Waals surface area contributed by atoms with Crippen LogP contribution in [0.2, 0.25) is 0 Å². The molecular weight excluding hydrogens is 192 g/mol. The molecule has 0 aliphatic carbocycles. The summed E-state index contributed by atoms with van der Waals surface area (Å²) in [6.45, 7) is 0. The summed E-state index contributed by atoms with van der Waals surface area (Å²) in [5.41, 5.74) is 7.66. The Balaban J connectivity index is 2.97. The fraction of sp³-hybridized carbons (Fsp3) is 0.364. The highest BCUT2D eigenvalue weighted by Gasteiger charge is 2.14. The van der Waals surface area contributed by atoms with Crippen LogP contribution >= 0.6 is 0 Å². The van der Waals surface area contributed by atoms with Crippen LogP contribution in [0.25, 0.3) is 0 Å². The standard InChI is InChI=1S/C11H16N2O2/c1-13(2)10-6-4-3-5-8(10)9(12)7-11(14)15/h3-6,9H,7,12H2,1-2H3,(H,14,15). The monoisotopic (exact) mass is 208 g/mol. The lowest BCUT2D eigenvalue weighted by Gasteiger charge is -2.20. The molecule has 0 aromatic heterocycles. The minimum atomic E-state index is -0.879. The lowest BCUT2D eigenvalue weighted by atomic mass is 10.0. The average molecular weight is 208 g/mol. The molecule has 1 unspecified atom stereocenters. The van der Waals surface area contributed by atoms with E-state index in [1.807, 2.05) is 43.3 Å². The molecule has 4 nitrogen and oxygen atoms in total. The van der Waals surface area contributed by atoms with Gasteiger partial charge in [0, 0.05) is 25.8 Å². The van der Waals surface area contributed by atoms with Crippen molar-refractivity contribution >= 4 is 11.7 Å². The third-order valence-electron chi connectivity index (χ3n) is 2.21. The first-order chi connectivity index (χ1) is 7.02. The normalized spacial score (nSPS) is 12.2. The summed E-state index contributed by atoms with van der Waals surface area (Å²) >= 11 is 0. The van der Waals surface area contributed by atoms with Gasteiger partial charge in [-0.25, -0.2) is 0 Å². The van der Waals surface area contributed by atoms with Crippen LogP contribution in [0.1, 0.15) is 18.0 Å². The molecule has 0 aliphatic rings. The van der Waals surface area contributed by atoms with E-state index >= 15 is 0 Å². The highest BCUT2D eigenvalue weighted by Crippen LogP contribution is 2.25. The zero-order valence-corrected chi connectivity index (χ0v) is 8.97. The Hall–Kier alpha value is -1.55. The Bertz CT molecular complexity index is 350. The van der Waals surface area contributed by atoms with Gasteiger partial charge in [0.2, 0.25) is 0 Å². The second-order valence-corrected chi connectivity index (χ2v) is 3.66. The van der Waals surface area contributed by atoms with Crippen molar-refractivity contribution in [2.45, 2.75) is 12.5 Å². The topological polar surface area (TPSA) is 66.6 Å². The van der Waals surface area contributed by atoms with Crippen molar-refractivity contribution < 1.29 is 9.90 Å². The number of para-hydroxylation sites is 1. The van der Waals surface area contributed by atoms with Crippen molar-refractivity contribution in [2.24, 2.45) is 5.73 Å². The summed E-state index contributed by atoms with van der Waals surface area (Å²) in [5.74, 6) is -0.879. The molecule has 0 amide bonds. The summed E-state index contributed by atoms with van der Waals surface area (Å²) < 4.78 is 0. The first-order valence-corrected chi connectivity index (χ1v) is 4.76. The van der Waals surface area contributed by atoms with Gasteiger partial charge in [0.05, 0.1) is 6.42 Å². The number of hydrogen-bond acceptors (Lipinski definition) is 3. The quantitative estimate of drug-likeness (QED) is 0.781. The van der Waals surface area contributed by atoms with Gasteiger partial charge in [-0.05, 0) is 11.6 Å². The molecule has 1 rings (SSSR count). The van der Waals surface area contributed by atoms with Gasteiger partial charge in [-0.1, -0.05) is 18.2 Å². The maximum atomic E-state index is 10.6. The summed E-state index contributed by atoms with van der Waals surface area (Å²) in [4.78, 5) is 12.5. The molecule has 0 spiro atoms. The van der Waals surface area contributed by atoms with Gasteiger partial charge in [0.25, 0.3) is 0 Å². The molecule has 1 aromatic rings. The van der Waals surface area contributed by atoms with E-state index < -0.39 is 12.0 Å². The number of aliphatic carboxylic acids is 1. The molecule has 0 saturated carbocycles. The molecule has 0 bridgehead atoms. The molecule has 1 atom stereocenters. The SMILES string of the molecule is CN(C)c1ccccc1C(N)CC(=O)O. The van der Waals surface area contributed by atoms with E-state index in [1.165, 1.54) is 0 Å². The van der Waals surface area contributed by atoms with E-state index in [9.17, 15) is 4.79 Å². The maximum Gasteiger partial charge on any atom is 0.305 e. The largest absolute Gasteiger partial charge is 0.481 e. The number of hydrogen-bond donors (Lipinski definition) is 2. The van der Waals surface area contributed by atoms with Crippen molar-refractivity contribution in [3.63, 3.8) is 0 Å². The second kappa shape index (κ2) is 4.79. The minimum Gasteiger partial charge on any atom is -0.481 e. The van der Waals surface area contributed by atoms with E-state index in [-0.39, 0.29) is 6.42 Å². The molecule has 4 heteroatoms. The lowest BCUT2D eigenvalue weighted by Crippen LogP contribution is -2.19. The number of rotatable bonds is 4. The van der Waals surface area contributed by atoms with E-state index in [0.29, 0.717) is 0 Å². The zero-order valence-electron chi connectivity index (χ0n) is 8.97. The third-order valence-corrected chi connectivity index (χ3v) is 2.21. The zero-order chi connectivity index (χ0) is 11.4. The smallest absolute Gasteiger partial charge is 0.305 e. The van der Waals surface area contributed by atoms with Crippen LogP contribution in [-0.4, -0.2) is 25.2 Å². The molecular formula is C11H16N2O2. The van der Waals surface area contributed by atoms with Crippen molar-refractivity contribution in [2.75, 3.05) is 19.0 Å². The molecule has 0 aliphatic heterocycles. The predicted octanol–water partition coefficient (Wildman–Crippen LogP) is 1.23. The Morgan fingerprint density at radius 1 is 1.47 bits per heavy atom. The maximum absolute atomic E-state index is 10.6. The molecule has 15 heavy (non-hydrogen) atoms. The molecule has 0 fully saturated rings. The number of nitrogens with zero attached hydrogens (tertiary/aromatic N) is 1. The number of nitrogens with two attached hydrogens (primary N) is 1. The number of carbonyl (C=O) groups is 1. The number of anilines is 1. The Labute approximate surface area is 89.3 Å². The van der Waals surface area contributed by atoms with Crippen molar-refractivity contribution in [3.05, 3.63) is 29.8 Å². The summed E-state index contributed by atoms with van der Waals surface area (Å²) in [6, 6.07) is 7.11. The summed E-state index contributed by atoms with van der Waals surface area (Å²) in [6.07, 6.45) is -0.0507.